The largest absolute Gasteiger partial charge is 0.386 e. The zero-order valence-electron chi connectivity index (χ0n) is 11.0. The van der Waals surface area contributed by atoms with Crippen LogP contribution >= 0.6 is 35.2 Å². The van der Waals surface area contributed by atoms with E-state index in [9.17, 15) is 14.3 Å². The molecule has 2 atom stereocenters. The van der Waals surface area contributed by atoms with Crippen molar-refractivity contribution in [3.8, 4) is 0 Å². The third kappa shape index (κ3) is 5.98. The van der Waals surface area contributed by atoms with Gasteiger partial charge in [-0.1, -0.05) is 35.3 Å². The van der Waals surface area contributed by atoms with E-state index in [4.69, 9.17) is 23.2 Å². The maximum Gasteiger partial charge on any atom is 0.253 e. The molecule has 0 aliphatic heterocycles. The lowest BCUT2D eigenvalue weighted by Gasteiger charge is -2.22. The average Bonchev–Trinajstić information content (AvgIpc) is 2.50. The number of aliphatic hydroxyl groups is 1. The van der Waals surface area contributed by atoms with Crippen LogP contribution in [0.25, 0.3) is 0 Å². The van der Waals surface area contributed by atoms with E-state index in [1.807, 2.05) is 0 Å². The monoisotopic (exact) mass is 357 g/mol. The van der Waals surface area contributed by atoms with Gasteiger partial charge in [0, 0.05) is 4.90 Å². The van der Waals surface area contributed by atoms with Gasteiger partial charge in [-0.2, -0.15) is 4.33 Å². The second kappa shape index (κ2) is 9.45. The Morgan fingerprint density at radius 3 is 2.52 bits per heavy atom. The first-order valence-corrected chi connectivity index (χ1v) is 7.41. The zero-order chi connectivity index (χ0) is 15.8. The van der Waals surface area contributed by atoms with Gasteiger partial charge in [0.15, 0.2) is 4.84 Å². The third-order valence-corrected chi connectivity index (χ3v) is 3.56. The molecule has 0 aliphatic carbocycles. The number of hydrogen-bond donors (Lipinski definition) is 2. The second-order valence-electron chi connectivity index (χ2n) is 3.90. The molecule has 0 saturated heterocycles. The molecule has 1 aromatic carbocycles. The standard InChI is InChI=1S/C12H14Cl2FNO4S/c1-19-20-21-8-4-2-7(3-5-8)10(17)9(6-15)16-12(18)11(13)14/h2-5,9-11,17H,6H2,1H3,(H,16,18)/t9-,10-/m1/s1. The van der Waals surface area contributed by atoms with Crippen LogP contribution in [-0.2, 0) is 14.0 Å². The van der Waals surface area contributed by atoms with Gasteiger partial charge in [-0.05, 0) is 17.7 Å². The minimum atomic E-state index is -1.32. The number of amides is 1. The van der Waals surface area contributed by atoms with Gasteiger partial charge in [-0.3, -0.25) is 4.79 Å². The topological polar surface area (TPSA) is 67.8 Å². The van der Waals surface area contributed by atoms with Gasteiger partial charge in [0.2, 0.25) is 0 Å². The number of aliphatic hydroxyl groups excluding tert-OH is 1. The molecule has 0 unspecified atom stereocenters. The average molecular weight is 358 g/mol. The Hall–Kier alpha value is -0.570. The summed E-state index contributed by atoms with van der Waals surface area (Å²) in [5.41, 5.74) is 0.431. The van der Waals surface area contributed by atoms with Crippen molar-refractivity contribution in [3.63, 3.8) is 0 Å². The number of carbonyl (C=O) groups is 1. The molecule has 0 spiro atoms. The molecule has 0 aliphatic rings. The Bertz CT molecular complexity index is 449. The van der Waals surface area contributed by atoms with Crippen LogP contribution in [0.5, 0.6) is 0 Å². The Balaban J connectivity index is 2.71. The maximum absolute atomic E-state index is 13.0. The van der Waals surface area contributed by atoms with Crippen molar-refractivity contribution < 1.29 is 23.5 Å². The zero-order valence-corrected chi connectivity index (χ0v) is 13.3. The lowest BCUT2D eigenvalue weighted by Crippen LogP contribution is -2.43. The molecule has 0 aromatic heterocycles. The molecule has 0 bridgehead atoms. The van der Waals surface area contributed by atoms with Crippen LogP contribution in [0.3, 0.4) is 0 Å². The molecule has 1 amide bonds. The Morgan fingerprint density at radius 1 is 1.43 bits per heavy atom. The van der Waals surface area contributed by atoms with Gasteiger partial charge < -0.3 is 10.4 Å². The van der Waals surface area contributed by atoms with Gasteiger partial charge >= 0.3 is 0 Å². The summed E-state index contributed by atoms with van der Waals surface area (Å²) in [7, 11) is 1.38. The van der Waals surface area contributed by atoms with E-state index in [1.54, 1.807) is 24.3 Å². The van der Waals surface area contributed by atoms with Gasteiger partial charge in [0.25, 0.3) is 5.91 Å². The minimum Gasteiger partial charge on any atom is -0.386 e. The summed E-state index contributed by atoms with van der Waals surface area (Å²) in [6, 6.07) is 5.35. The second-order valence-corrected chi connectivity index (χ2v) is 5.77. The van der Waals surface area contributed by atoms with Crippen LogP contribution in [0, 0.1) is 0 Å². The first-order chi connectivity index (χ1) is 9.99. The Morgan fingerprint density at radius 2 is 2.05 bits per heavy atom. The summed E-state index contributed by atoms with van der Waals surface area (Å²) < 4.78 is 17.6. The highest BCUT2D eigenvalue weighted by molar-refractivity contribution is 7.94. The van der Waals surface area contributed by atoms with E-state index in [1.165, 1.54) is 7.11 Å². The van der Waals surface area contributed by atoms with Crippen molar-refractivity contribution in [1.82, 2.24) is 5.32 Å². The molecule has 0 fully saturated rings. The fourth-order valence-electron chi connectivity index (χ4n) is 1.47. The lowest BCUT2D eigenvalue weighted by atomic mass is 10.0. The van der Waals surface area contributed by atoms with Gasteiger partial charge in [0.05, 0.1) is 25.2 Å². The van der Waals surface area contributed by atoms with Crippen molar-refractivity contribution in [1.29, 1.82) is 0 Å². The van der Waals surface area contributed by atoms with Gasteiger partial charge in [-0.25, -0.2) is 9.28 Å². The molecular weight excluding hydrogens is 344 g/mol. The van der Waals surface area contributed by atoms with Crippen molar-refractivity contribution in [2.24, 2.45) is 0 Å². The summed E-state index contributed by atoms with van der Waals surface area (Å²) >= 11 is 11.7. The summed E-state index contributed by atoms with van der Waals surface area (Å²) in [5, 5.41) is 12.3. The number of rotatable bonds is 8. The molecule has 21 heavy (non-hydrogen) atoms. The van der Waals surface area contributed by atoms with Crippen molar-refractivity contribution in [2.75, 3.05) is 13.8 Å². The number of nitrogens with one attached hydrogen (secondary N) is 1. The van der Waals surface area contributed by atoms with Crippen molar-refractivity contribution in [3.05, 3.63) is 29.8 Å². The molecule has 0 heterocycles. The van der Waals surface area contributed by atoms with Crippen LogP contribution < -0.4 is 5.32 Å². The minimum absolute atomic E-state index is 0.431. The Labute approximate surface area is 135 Å². The van der Waals surface area contributed by atoms with E-state index in [0.717, 1.165) is 16.9 Å². The van der Waals surface area contributed by atoms with Crippen LogP contribution in [0.15, 0.2) is 29.2 Å². The number of benzene rings is 1. The van der Waals surface area contributed by atoms with Crippen LogP contribution in [0.2, 0.25) is 0 Å². The highest BCUT2D eigenvalue weighted by Crippen LogP contribution is 2.23. The van der Waals surface area contributed by atoms with Crippen LogP contribution in [-0.4, -0.2) is 35.7 Å². The summed E-state index contributed by atoms with van der Waals surface area (Å²) in [5.74, 6) is -0.763. The fraction of sp³-hybridized carbons (Fsp3) is 0.417. The van der Waals surface area contributed by atoms with E-state index >= 15 is 0 Å². The SMILES string of the molecule is COOSc1ccc([C@@H](O)[C@@H](CF)NC(=O)C(Cl)Cl)cc1. The van der Waals surface area contributed by atoms with Crippen LogP contribution in [0.1, 0.15) is 11.7 Å². The normalized spacial score (nSPS) is 14.0. The lowest BCUT2D eigenvalue weighted by molar-refractivity contribution is -0.160. The number of carbonyl (C=O) groups excluding carboxylic acids is 1. The summed E-state index contributed by atoms with van der Waals surface area (Å²) in [4.78, 5) is 15.2. The number of hydrogen-bond acceptors (Lipinski definition) is 5. The molecule has 0 saturated carbocycles. The summed E-state index contributed by atoms with van der Waals surface area (Å²) in [6.45, 7) is -0.962. The summed E-state index contributed by atoms with van der Waals surface area (Å²) in [6.07, 6.45) is -1.23. The maximum atomic E-state index is 13.0. The van der Waals surface area contributed by atoms with Crippen molar-refractivity contribution >= 4 is 41.2 Å². The highest BCUT2D eigenvalue weighted by Gasteiger charge is 2.25. The Kier molecular flexibility index (Phi) is 8.31. The van der Waals surface area contributed by atoms with Gasteiger partial charge in [-0.15, -0.1) is 0 Å². The number of alkyl halides is 3. The molecule has 1 rings (SSSR count). The van der Waals surface area contributed by atoms with Crippen molar-refractivity contribution in [2.45, 2.75) is 21.9 Å². The molecular formula is C12H14Cl2FNO4S. The number of halogens is 3. The smallest absolute Gasteiger partial charge is 0.253 e. The first-order valence-electron chi connectivity index (χ1n) is 5.79. The van der Waals surface area contributed by atoms with E-state index in [0.29, 0.717) is 5.56 Å². The molecule has 118 valence electrons. The fourth-order valence-corrected chi connectivity index (χ4v) is 1.99. The van der Waals surface area contributed by atoms with Gasteiger partial charge in [0.1, 0.15) is 12.8 Å². The predicted octanol–water partition coefficient (Wildman–Crippen LogP) is 2.56. The van der Waals surface area contributed by atoms with Crippen LogP contribution in [0.4, 0.5) is 4.39 Å². The van der Waals surface area contributed by atoms with E-state index < -0.39 is 29.6 Å². The molecule has 9 heteroatoms. The predicted molar refractivity (Wildman–Crippen MR) is 78.8 cm³/mol. The first kappa shape index (κ1) is 18.5. The molecule has 2 N–H and O–H groups in total. The highest BCUT2D eigenvalue weighted by atomic mass is 35.5. The third-order valence-electron chi connectivity index (χ3n) is 2.49. The van der Waals surface area contributed by atoms with E-state index in [-0.39, 0.29) is 0 Å². The molecule has 1 aromatic rings. The molecule has 5 nitrogen and oxygen atoms in total. The quantitative estimate of drug-likeness (QED) is 0.324. The van der Waals surface area contributed by atoms with E-state index in [2.05, 4.69) is 14.5 Å². The molecule has 0 radical (unpaired) electrons.